The van der Waals surface area contributed by atoms with Crippen molar-refractivity contribution in [2.45, 2.75) is 57.6 Å². The second-order valence-electron chi connectivity index (χ2n) is 11.8. The van der Waals surface area contributed by atoms with Crippen LogP contribution in [-0.4, -0.2) is 72.8 Å². The number of ether oxygens (including phenoxy) is 2. The maximum atomic E-state index is 13.7. The normalized spacial score (nSPS) is 23.2. The molecule has 1 N–H and O–H groups in total. The zero-order valence-corrected chi connectivity index (χ0v) is 25.7. The van der Waals surface area contributed by atoms with Gasteiger partial charge in [-0.15, -0.1) is 0 Å². The molecule has 2 heterocycles. The third-order valence-electron chi connectivity index (χ3n) is 8.99. The Balaban J connectivity index is 1.41. The van der Waals surface area contributed by atoms with Gasteiger partial charge >= 0.3 is 12.2 Å². The van der Waals surface area contributed by atoms with Crippen molar-refractivity contribution in [1.29, 1.82) is 0 Å². The molecule has 2 amide bonds. The van der Waals surface area contributed by atoms with Crippen molar-refractivity contribution in [3.8, 4) is 11.1 Å². The topological polar surface area (TPSA) is 108 Å². The highest BCUT2D eigenvalue weighted by molar-refractivity contribution is 7.92. The summed E-state index contributed by atoms with van der Waals surface area (Å²) in [6.07, 6.45) is 7.27. The lowest BCUT2D eigenvalue weighted by Gasteiger charge is -2.41. The van der Waals surface area contributed by atoms with Crippen LogP contribution < -0.4 is 19.4 Å². The van der Waals surface area contributed by atoms with E-state index in [0.717, 1.165) is 30.3 Å². The third kappa shape index (κ3) is 6.36. The number of sulfonamides is 1. The van der Waals surface area contributed by atoms with Crippen molar-refractivity contribution in [1.82, 2.24) is 5.32 Å². The lowest BCUT2D eigenvalue weighted by molar-refractivity contribution is 0.0553. The minimum absolute atomic E-state index is 0.210. The lowest BCUT2D eigenvalue weighted by atomic mass is 9.76. The van der Waals surface area contributed by atoms with E-state index < -0.39 is 22.2 Å². The number of anilines is 3. The molecule has 2 aliphatic heterocycles. The van der Waals surface area contributed by atoms with Crippen LogP contribution in [0.3, 0.4) is 0 Å². The maximum Gasteiger partial charge on any atom is 0.414 e. The molecule has 2 unspecified atom stereocenters. The average Bonchev–Trinajstić information content (AvgIpc) is 3.00. The van der Waals surface area contributed by atoms with Gasteiger partial charge in [-0.3, -0.25) is 14.1 Å². The van der Waals surface area contributed by atoms with Crippen LogP contribution in [0.2, 0.25) is 0 Å². The van der Waals surface area contributed by atoms with Crippen molar-refractivity contribution < 1.29 is 27.5 Å². The molecule has 2 fully saturated rings. The van der Waals surface area contributed by atoms with Gasteiger partial charge in [0.2, 0.25) is 10.0 Å². The van der Waals surface area contributed by atoms with Gasteiger partial charge in [-0.05, 0) is 67.1 Å². The van der Waals surface area contributed by atoms with E-state index in [-0.39, 0.29) is 18.7 Å². The van der Waals surface area contributed by atoms with Gasteiger partial charge < -0.3 is 14.8 Å². The van der Waals surface area contributed by atoms with E-state index in [9.17, 15) is 18.0 Å². The summed E-state index contributed by atoms with van der Waals surface area (Å²) in [5.41, 5.74) is 3.33. The number of fused-ring (bicyclic) bond motifs is 1. The van der Waals surface area contributed by atoms with E-state index in [1.807, 2.05) is 37.3 Å². The minimum Gasteiger partial charge on any atom is -0.452 e. The number of benzene rings is 2. The Labute approximate surface area is 249 Å². The molecule has 1 saturated carbocycles. The first-order valence-electron chi connectivity index (χ1n) is 14.8. The van der Waals surface area contributed by atoms with Gasteiger partial charge in [0.05, 0.1) is 43.0 Å². The first-order valence-corrected chi connectivity index (χ1v) is 16.7. The number of methoxy groups -OCH3 is 1. The number of carbonyl (C=O) groups is 2. The standard InChI is InChI=1S/C31H42N4O6S/c1-21-20-34(30(36)41-27-16-25(18-32-19-27)22-8-6-5-7-9-22)29-17-24(12-15-28(29)35(21)31(37)40-3)23-10-13-26(14-11-23)33(2)42(4,38)39/h10-15,17,21-22,25,27,32H,5-9,16,18-20H2,1-4H3/t21-,25?,27?/m0/s1. The number of nitrogens with one attached hydrogen (secondary N) is 1. The smallest absolute Gasteiger partial charge is 0.414 e. The molecule has 42 heavy (non-hydrogen) atoms. The van der Waals surface area contributed by atoms with Crippen molar-refractivity contribution in [2.75, 3.05) is 54.2 Å². The summed E-state index contributed by atoms with van der Waals surface area (Å²) in [5.74, 6) is 1.19. The first kappa shape index (κ1) is 30.2. The molecule has 2 aromatic rings. The van der Waals surface area contributed by atoms with E-state index >= 15 is 0 Å². The molecular formula is C31H42N4O6S. The number of nitrogens with zero attached hydrogens (tertiary/aromatic N) is 3. The monoisotopic (exact) mass is 598 g/mol. The largest absolute Gasteiger partial charge is 0.452 e. The number of rotatable bonds is 5. The first-order chi connectivity index (χ1) is 20.1. The van der Waals surface area contributed by atoms with Crippen LogP contribution in [0.1, 0.15) is 45.4 Å². The van der Waals surface area contributed by atoms with Crippen LogP contribution >= 0.6 is 0 Å². The molecule has 0 aromatic heterocycles. The quantitative estimate of drug-likeness (QED) is 0.502. The fourth-order valence-corrected chi connectivity index (χ4v) is 7.11. The van der Waals surface area contributed by atoms with E-state index in [1.54, 1.807) is 21.9 Å². The Kier molecular flexibility index (Phi) is 8.98. The van der Waals surface area contributed by atoms with Crippen molar-refractivity contribution >= 4 is 39.3 Å². The second kappa shape index (κ2) is 12.5. The van der Waals surface area contributed by atoms with Gasteiger partial charge in [0.1, 0.15) is 6.10 Å². The number of amides is 2. The molecule has 3 aliphatic rings. The van der Waals surface area contributed by atoms with Gasteiger partial charge in [0, 0.05) is 13.6 Å². The molecule has 1 saturated heterocycles. The van der Waals surface area contributed by atoms with Crippen LogP contribution in [-0.2, 0) is 19.5 Å². The van der Waals surface area contributed by atoms with Gasteiger partial charge in [-0.2, -0.15) is 0 Å². The van der Waals surface area contributed by atoms with Crippen LogP contribution in [0.15, 0.2) is 42.5 Å². The molecule has 0 radical (unpaired) electrons. The SMILES string of the molecule is COC(=O)N1c2ccc(-c3ccc(N(C)S(C)(=O)=O)cc3)cc2N(C(=O)OC2CNCC(C3CCCCC3)C2)C[C@@H]1C. The summed E-state index contributed by atoms with van der Waals surface area (Å²) in [4.78, 5) is 29.7. The Hall–Kier alpha value is -3.31. The third-order valence-corrected chi connectivity index (χ3v) is 10.2. The molecule has 228 valence electrons. The molecule has 5 rings (SSSR count). The maximum absolute atomic E-state index is 13.7. The zero-order chi connectivity index (χ0) is 30.0. The summed E-state index contributed by atoms with van der Waals surface area (Å²) >= 11 is 0. The van der Waals surface area contributed by atoms with Crippen molar-refractivity contribution in [2.24, 2.45) is 11.8 Å². The summed E-state index contributed by atoms with van der Waals surface area (Å²) < 4.78 is 36.3. The molecule has 10 nitrogen and oxygen atoms in total. The van der Waals surface area contributed by atoms with Crippen LogP contribution in [0.5, 0.6) is 0 Å². The summed E-state index contributed by atoms with van der Waals surface area (Å²) in [6, 6.07) is 12.4. The second-order valence-corrected chi connectivity index (χ2v) is 13.9. The number of carbonyl (C=O) groups excluding carboxylic acids is 2. The highest BCUT2D eigenvalue weighted by Gasteiger charge is 2.38. The highest BCUT2D eigenvalue weighted by atomic mass is 32.2. The van der Waals surface area contributed by atoms with E-state index in [0.29, 0.717) is 35.4 Å². The molecule has 1 aliphatic carbocycles. The summed E-state index contributed by atoms with van der Waals surface area (Å²) in [6.45, 7) is 3.74. The molecule has 3 atom stereocenters. The Morgan fingerprint density at radius 3 is 2.29 bits per heavy atom. The van der Waals surface area contributed by atoms with Gasteiger partial charge in [0.15, 0.2) is 0 Å². The molecule has 2 aromatic carbocycles. The summed E-state index contributed by atoms with van der Waals surface area (Å²) in [5, 5.41) is 3.49. The van der Waals surface area contributed by atoms with E-state index in [1.165, 1.54) is 50.6 Å². The minimum atomic E-state index is -3.39. The van der Waals surface area contributed by atoms with Crippen LogP contribution in [0.4, 0.5) is 26.7 Å². The van der Waals surface area contributed by atoms with Gasteiger partial charge in [0.25, 0.3) is 0 Å². The van der Waals surface area contributed by atoms with Gasteiger partial charge in [-0.1, -0.05) is 50.3 Å². The van der Waals surface area contributed by atoms with E-state index in [2.05, 4.69) is 5.32 Å². The average molecular weight is 599 g/mol. The number of piperidine rings is 1. The van der Waals surface area contributed by atoms with E-state index in [4.69, 9.17) is 9.47 Å². The fraction of sp³-hybridized carbons (Fsp3) is 0.548. The number of hydrogen-bond donors (Lipinski definition) is 1. The Morgan fingerprint density at radius 2 is 1.62 bits per heavy atom. The molecule has 11 heteroatoms. The fourth-order valence-electron chi connectivity index (χ4n) is 6.60. The zero-order valence-electron chi connectivity index (χ0n) is 24.9. The summed E-state index contributed by atoms with van der Waals surface area (Å²) in [7, 11) is -0.532. The predicted molar refractivity (Wildman–Crippen MR) is 165 cm³/mol. The Morgan fingerprint density at radius 1 is 0.929 bits per heavy atom. The molecule has 0 spiro atoms. The van der Waals surface area contributed by atoms with Crippen molar-refractivity contribution in [3.05, 3.63) is 42.5 Å². The van der Waals surface area contributed by atoms with Crippen LogP contribution in [0.25, 0.3) is 11.1 Å². The number of hydrogen-bond acceptors (Lipinski definition) is 7. The molecular weight excluding hydrogens is 556 g/mol. The van der Waals surface area contributed by atoms with Crippen LogP contribution in [0, 0.1) is 11.8 Å². The highest BCUT2D eigenvalue weighted by Crippen LogP contribution is 2.40. The van der Waals surface area contributed by atoms with Crippen molar-refractivity contribution in [3.63, 3.8) is 0 Å². The van der Waals surface area contributed by atoms with Gasteiger partial charge in [-0.25, -0.2) is 18.0 Å². The molecule has 0 bridgehead atoms. The Bertz CT molecular complexity index is 1390. The predicted octanol–water partition coefficient (Wildman–Crippen LogP) is 5.23. The lowest BCUT2D eigenvalue weighted by Crippen LogP contribution is -2.53.